The van der Waals surface area contributed by atoms with Crippen LogP contribution in [0.25, 0.3) is 0 Å². The molecular formula is C18H17F3N2O3. The van der Waals surface area contributed by atoms with E-state index in [4.69, 9.17) is 0 Å². The number of hydrogen-bond donors (Lipinski definition) is 1. The maximum Gasteiger partial charge on any atom is 0.387 e. The van der Waals surface area contributed by atoms with Gasteiger partial charge in [0.05, 0.1) is 6.54 Å². The largest absolute Gasteiger partial charge is 0.435 e. The van der Waals surface area contributed by atoms with Crippen molar-refractivity contribution in [2.24, 2.45) is 0 Å². The van der Waals surface area contributed by atoms with Gasteiger partial charge in [-0.05, 0) is 42.0 Å². The summed E-state index contributed by atoms with van der Waals surface area (Å²) in [6, 6.07) is 10.9. The summed E-state index contributed by atoms with van der Waals surface area (Å²) in [6.07, 6.45) is 0. The van der Waals surface area contributed by atoms with Crippen LogP contribution in [0.4, 0.5) is 13.2 Å². The molecule has 0 aromatic heterocycles. The molecule has 26 heavy (non-hydrogen) atoms. The van der Waals surface area contributed by atoms with Crippen LogP contribution in [0.2, 0.25) is 0 Å². The molecule has 0 unspecified atom stereocenters. The van der Waals surface area contributed by atoms with E-state index in [1.807, 2.05) is 0 Å². The molecule has 2 rings (SSSR count). The van der Waals surface area contributed by atoms with Gasteiger partial charge in [-0.15, -0.1) is 0 Å². The van der Waals surface area contributed by atoms with Gasteiger partial charge in [0.15, 0.2) is 0 Å². The molecule has 1 N–H and O–H groups in total. The Labute approximate surface area is 148 Å². The number of halogens is 3. The number of hydrogen-bond acceptors (Lipinski definition) is 3. The molecule has 2 aromatic carbocycles. The number of nitrogens with one attached hydrogen (secondary N) is 1. The van der Waals surface area contributed by atoms with E-state index in [9.17, 15) is 22.8 Å². The lowest BCUT2D eigenvalue weighted by molar-refractivity contribution is -0.129. The fraction of sp³-hybridized carbons (Fsp3) is 0.222. The minimum atomic E-state index is -2.89. The van der Waals surface area contributed by atoms with Crippen molar-refractivity contribution in [2.75, 3.05) is 13.6 Å². The Morgan fingerprint density at radius 2 is 1.69 bits per heavy atom. The van der Waals surface area contributed by atoms with Crippen LogP contribution in [0.3, 0.4) is 0 Å². The van der Waals surface area contributed by atoms with Crippen molar-refractivity contribution in [1.29, 1.82) is 0 Å². The lowest BCUT2D eigenvalue weighted by Crippen LogP contribution is -2.37. The molecule has 5 nitrogen and oxygen atoms in total. The molecule has 0 saturated carbocycles. The third-order valence-electron chi connectivity index (χ3n) is 3.50. The molecule has 0 aliphatic rings. The van der Waals surface area contributed by atoms with Gasteiger partial charge in [0, 0.05) is 19.2 Å². The van der Waals surface area contributed by atoms with E-state index >= 15 is 0 Å². The molecule has 0 saturated heterocycles. The minimum absolute atomic E-state index is 0.0318. The van der Waals surface area contributed by atoms with Gasteiger partial charge in [-0.1, -0.05) is 12.1 Å². The molecule has 0 heterocycles. The van der Waals surface area contributed by atoms with Crippen LogP contribution in [0.15, 0.2) is 48.5 Å². The van der Waals surface area contributed by atoms with Crippen molar-refractivity contribution in [3.8, 4) is 5.75 Å². The van der Waals surface area contributed by atoms with Crippen LogP contribution in [0, 0.1) is 5.82 Å². The average molecular weight is 366 g/mol. The Kier molecular flexibility index (Phi) is 6.60. The predicted molar refractivity (Wildman–Crippen MR) is 88.3 cm³/mol. The second-order valence-corrected chi connectivity index (χ2v) is 5.46. The summed E-state index contributed by atoms with van der Waals surface area (Å²) in [4.78, 5) is 25.3. The third kappa shape index (κ3) is 5.80. The van der Waals surface area contributed by atoms with Gasteiger partial charge in [0.1, 0.15) is 11.6 Å². The number of carbonyl (C=O) groups excluding carboxylic acids is 2. The fourth-order valence-electron chi connectivity index (χ4n) is 2.13. The number of benzene rings is 2. The molecule has 0 spiro atoms. The summed E-state index contributed by atoms with van der Waals surface area (Å²) in [5.74, 6) is -1.25. The summed E-state index contributed by atoms with van der Waals surface area (Å²) in [7, 11) is 1.55. The first-order chi connectivity index (χ1) is 12.3. The molecule has 0 fully saturated rings. The summed E-state index contributed by atoms with van der Waals surface area (Å²) in [5, 5.41) is 2.46. The smallest absolute Gasteiger partial charge is 0.387 e. The monoisotopic (exact) mass is 366 g/mol. The van der Waals surface area contributed by atoms with Gasteiger partial charge >= 0.3 is 6.61 Å². The highest BCUT2D eigenvalue weighted by atomic mass is 19.3. The molecule has 138 valence electrons. The molecule has 0 bridgehead atoms. The Balaban J connectivity index is 1.83. The van der Waals surface area contributed by atoms with Gasteiger partial charge < -0.3 is 15.0 Å². The van der Waals surface area contributed by atoms with Crippen LogP contribution >= 0.6 is 0 Å². The van der Waals surface area contributed by atoms with Crippen molar-refractivity contribution in [3.63, 3.8) is 0 Å². The number of amides is 2. The van der Waals surface area contributed by atoms with Crippen molar-refractivity contribution in [3.05, 3.63) is 65.5 Å². The topological polar surface area (TPSA) is 58.6 Å². The van der Waals surface area contributed by atoms with E-state index in [1.54, 1.807) is 19.2 Å². The molecule has 0 radical (unpaired) electrons. The molecular weight excluding hydrogens is 349 g/mol. The van der Waals surface area contributed by atoms with Crippen LogP contribution in [-0.2, 0) is 11.3 Å². The molecule has 2 aromatic rings. The number of rotatable bonds is 7. The van der Waals surface area contributed by atoms with Gasteiger partial charge in [-0.2, -0.15) is 8.78 Å². The quantitative estimate of drug-likeness (QED) is 0.820. The molecule has 0 atom stereocenters. The van der Waals surface area contributed by atoms with Gasteiger partial charge in [-0.25, -0.2) is 4.39 Å². The minimum Gasteiger partial charge on any atom is -0.435 e. The summed E-state index contributed by atoms with van der Waals surface area (Å²) >= 11 is 0. The summed E-state index contributed by atoms with van der Waals surface area (Å²) in [5.41, 5.74) is 0.962. The van der Waals surface area contributed by atoms with Gasteiger partial charge in [-0.3, -0.25) is 9.59 Å². The van der Waals surface area contributed by atoms with E-state index in [0.717, 1.165) is 12.1 Å². The molecule has 8 heteroatoms. The lowest BCUT2D eigenvalue weighted by atomic mass is 10.2. The highest BCUT2D eigenvalue weighted by molar-refractivity contribution is 5.96. The maximum absolute atomic E-state index is 12.8. The van der Waals surface area contributed by atoms with Gasteiger partial charge in [0.25, 0.3) is 5.91 Å². The SMILES string of the molecule is CN(Cc1ccc(OC(F)F)cc1)C(=O)CNC(=O)c1ccc(F)cc1. The van der Waals surface area contributed by atoms with E-state index in [1.165, 1.54) is 29.2 Å². The van der Waals surface area contributed by atoms with Crippen LogP contribution in [-0.4, -0.2) is 36.9 Å². The first kappa shape index (κ1) is 19.3. The highest BCUT2D eigenvalue weighted by Gasteiger charge is 2.12. The van der Waals surface area contributed by atoms with Crippen molar-refractivity contribution in [2.45, 2.75) is 13.2 Å². The Morgan fingerprint density at radius 3 is 2.27 bits per heavy atom. The Bertz CT molecular complexity index is 749. The van der Waals surface area contributed by atoms with Crippen LogP contribution in [0.1, 0.15) is 15.9 Å². The highest BCUT2D eigenvalue weighted by Crippen LogP contribution is 2.15. The van der Waals surface area contributed by atoms with Crippen molar-refractivity contribution >= 4 is 11.8 Å². The number of alkyl halides is 2. The summed E-state index contributed by atoms with van der Waals surface area (Å²) < 4.78 is 41.3. The van der Waals surface area contributed by atoms with E-state index < -0.39 is 18.3 Å². The Hall–Kier alpha value is -3.03. The number of likely N-dealkylation sites (N-methyl/N-ethyl adjacent to an activating group) is 1. The van der Waals surface area contributed by atoms with Crippen molar-refractivity contribution in [1.82, 2.24) is 10.2 Å². The molecule has 0 aliphatic carbocycles. The zero-order valence-electron chi connectivity index (χ0n) is 13.9. The standard InChI is InChI=1S/C18H17F3N2O3/c1-23(11-12-2-8-15(9-3-12)26-18(20)21)16(24)10-22-17(25)13-4-6-14(19)7-5-13/h2-9,18H,10-11H2,1H3,(H,22,25). The number of carbonyl (C=O) groups is 2. The number of ether oxygens (including phenoxy) is 1. The fourth-order valence-corrected chi connectivity index (χ4v) is 2.13. The van der Waals surface area contributed by atoms with Crippen LogP contribution < -0.4 is 10.1 Å². The first-order valence-corrected chi connectivity index (χ1v) is 7.66. The van der Waals surface area contributed by atoms with Crippen molar-refractivity contribution < 1.29 is 27.5 Å². The van der Waals surface area contributed by atoms with Crippen LogP contribution in [0.5, 0.6) is 5.75 Å². The second-order valence-electron chi connectivity index (χ2n) is 5.46. The average Bonchev–Trinajstić information content (AvgIpc) is 2.61. The molecule has 2 amide bonds. The van der Waals surface area contributed by atoms with Gasteiger partial charge in [0.2, 0.25) is 5.91 Å². The first-order valence-electron chi connectivity index (χ1n) is 7.66. The second kappa shape index (κ2) is 8.89. The number of nitrogens with zero attached hydrogens (tertiary/aromatic N) is 1. The van der Waals surface area contributed by atoms with E-state index in [0.29, 0.717) is 5.56 Å². The maximum atomic E-state index is 12.8. The Morgan fingerprint density at radius 1 is 1.08 bits per heavy atom. The lowest BCUT2D eigenvalue weighted by Gasteiger charge is -2.18. The summed E-state index contributed by atoms with van der Waals surface area (Å²) in [6.45, 7) is -2.88. The zero-order chi connectivity index (χ0) is 19.1. The van der Waals surface area contributed by atoms with E-state index in [-0.39, 0.29) is 30.3 Å². The molecule has 0 aliphatic heterocycles. The zero-order valence-corrected chi connectivity index (χ0v) is 13.9. The normalized spacial score (nSPS) is 10.5. The predicted octanol–water partition coefficient (Wildman–Crippen LogP) is 2.82. The van der Waals surface area contributed by atoms with E-state index in [2.05, 4.69) is 10.1 Å². The third-order valence-corrected chi connectivity index (χ3v) is 3.50.